The molecule has 0 radical (unpaired) electrons. The fourth-order valence-corrected chi connectivity index (χ4v) is 5.79. The maximum atomic E-state index is 14.2. The lowest BCUT2D eigenvalue weighted by Gasteiger charge is -2.47. The number of hydrogen-bond donors (Lipinski definition) is 5. The first-order valence-corrected chi connectivity index (χ1v) is 14.3. The van der Waals surface area contributed by atoms with Gasteiger partial charge in [0.05, 0.1) is 24.5 Å². The first-order chi connectivity index (χ1) is 20.3. The smallest absolute Gasteiger partial charge is 0.408 e. The van der Waals surface area contributed by atoms with E-state index in [4.69, 9.17) is 16.2 Å². The van der Waals surface area contributed by atoms with Crippen LogP contribution in [0.5, 0.6) is 0 Å². The zero-order valence-corrected chi connectivity index (χ0v) is 24.8. The van der Waals surface area contributed by atoms with Gasteiger partial charge >= 0.3 is 12.0 Å². The van der Waals surface area contributed by atoms with E-state index in [0.29, 0.717) is 24.0 Å². The molecular weight excluding hydrogens is 554 g/mol. The van der Waals surface area contributed by atoms with Crippen molar-refractivity contribution in [3.8, 4) is 0 Å². The zero-order valence-electron chi connectivity index (χ0n) is 24.8. The van der Waals surface area contributed by atoms with Gasteiger partial charge in [0, 0.05) is 12.8 Å². The minimum absolute atomic E-state index is 0.0343. The third-order valence-electron chi connectivity index (χ3n) is 7.93. The average Bonchev–Trinajstić information content (AvgIpc) is 3.43. The number of nitrogens with two attached hydrogens (primary N) is 2. The Balaban J connectivity index is 1.87. The Labute approximate surface area is 251 Å². The van der Waals surface area contributed by atoms with Crippen LogP contribution in [0.15, 0.2) is 60.7 Å². The van der Waals surface area contributed by atoms with Gasteiger partial charge in [0.15, 0.2) is 12.1 Å². The van der Waals surface area contributed by atoms with E-state index in [2.05, 4.69) is 10.6 Å². The first kappa shape index (κ1) is 33.2. The topological polar surface area (TPSA) is 191 Å². The molecule has 1 fully saturated rings. The second-order valence-electron chi connectivity index (χ2n) is 11.8. The molecule has 0 spiro atoms. The summed E-state index contributed by atoms with van der Waals surface area (Å²) in [6.45, 7) is 5.62. The van der Waals surface area contributed by atoms with Crippen molar-refractivity contribution in [2.45, 2.75) is 82.8 Å². The van der Waals surface area contributed by atoms with E-state index in [9.17, 15) is 29.1 Å². The molecule has 0 bridgehead atoms. The largest absolute Gasteiger partial charge is 0.445 e. The molecule has 1 aliphatic rings. The van der Waals surface area contributed by atoms with Crippen LogP contribution in [0.3, 0.4) is 0 Å². The molecule has 43 heavy (non-hydrogen) atoms. The van der Waals surface area contributed by atoms with Crippen molar-refractivity contribution < 1.29 is 38.3 Å². The summed E-state index contributed by atoms with van der Waals surface area (Å²) < 4.78 is 4.82. The summed E-state index contributed by atoms with van der Waals surface area (Å²) in [5.74, 6) is -3.01. The van der Waals surface area contributed by atoms with Gasteiger partial charge in [-0.15, -0.1) is 0 Å². The number of carbonyl (C=O) groups is 5. The van der Waals surface area contributed by atoms with Crippen LogP contribution in [0.2, 0.25) is 0 Å². The lowest BCUT2D eigenvalue weighted by molar-refractivity contribution is -0.904. The number of carbonyl (C=O) groups excluding carboxylic acids is 5. The minimum Gasteiger partial charge on any atom is -0.445 e. The van der Waals surface area contributed by atoms with E-state index in [0.717, 1.165) is 0 Å². The number of aliphatic hydroxyl groups excluding tert-OH is 1. The monoisotopic (exact) mass is 596 g/mol. The van der Waals surface area contributed by atoms with Gasteiger partial charge in [0.2, 0.25) is 11.8 Å². The number of ether oxygens (including phenoxy) is 1. The quantitative estimate of drug-likeness (QED) is 0.226. The van der Waals surface area contributed by atoms with Gasteiger partial charge in [0.25, 0.3) is 5.91 Å². The molecule has 3 rings (SSSR count). The Kier molecular flexibility index (Phi) is 11.0. The molecule has 0 aliphatic carbocycles. The number of likely N-dealkylation sites (tertiary alicyclic amines) is 1. The Bertz CT molecular complexity index is 1300. The van der Waals surface area contributed by atoms with Crippen LogP contribution < -0.4 is 22.1 Å². The number of aliphatic hydroxyl groups is 1. The van der Waals surface area contributed by atoms with Gasteiger partial charge in [-0.2, -0.15) is 0 Å². The van der Waals surface area contributed by atoms with Crippen LogP contribution in [0.1, 0.15) is 51.2 Å². The van der Waals surface area contributed by atoms with Crippen molar-refractivity contribution in [2.75, 3.05) is 6.54 Å². The lowest BCUT2D eigenvalue weighted by atomic mass is 9.93. The highest BCUT2D eigenvalue weighted by Crippen LogP contribution is 2.38. The van der Waals surface area contributed by atoms with Crippen molar-refractivity contribution in [3.05, 3.63) is 71.8 Å². The fraction of sp³-hybridized carbons (Fsp3) is 0.452. The Morgan fingerprint density at radius 2 is 1.53 bits per heavy atom. The molecule has 2 aromatic carbocycles. The maximum Gasteiger partial charge on any atom is 0.408 e. The SMILES string of the molecule is CC(C)(C)[N+]1(C(=O)[C@@H](O)[C@H](Cc2ccccc2)NC(=O)[C@H](CC(N)=O)NC(=O)OCc2ccccc2)CCC[C@H]1C(N)=O. The number of benzene rings is 2. The molecule has 232 valence electrons. The molecule has 5 atom stereocenters. The van der Waals surface area contributed by atoms with Gasteiger partial charge < -0.3 is 31.9 Å². The number of nitrogens with one attached hydrogen (secondary N) is 2. The Morgan fingerprint density at radius 1 is 0.953 bits per heavy atom. The summed E-state index contributed by atoms with van der Waals surface area (Å²) >= 11 is 0. The van der Waals surface area contributed by atoms with Gasteiger partial charge in [-0.3, -0.25) is 14.4 Å². The molecule has 5 amide bonds. The van der Waals surface area contributed by atoms with Crippen molar-refractivity contribution in [3.63, 3.8) is 0 Å². The van der Waals surface area contributed by atoms with Gasteiger partial charge in [-0.1, -0.05) is 60.7 Å². The second-order valence-corrected chi connectivity index (χ2v) is 11.8. The van der Waals surface area contributed by atoms with Crippen LogP contribution in [0.4, 0.5) is 4.79 Å². The summed E-state index contributed by atoms with van der Waals surface area (Å²) in [5.41, 5.74) is 11.7. The summed E-state index contributed by atoms with van der Waals surface area (Å²) in [5, 5.41) is 16.6. The number of quaternary nitrogens is 1. The number of rotatable bonds is 12. The van der Waals surface area contributed by atoms with Crippen molar-refractivity contribution in [1.29, 1.82) is 0 Å². The zero-order chi connectivity index (χ0) is 31.8. The molecule has 1 heterocycles. The Hall–Kier alpha value is -4.29. The fourth-order valence-electron chi connectivity index (χ4n) is 5.79. The number of hydrogen-bond acceptors (Lipinski definition) is 7. The maximum absolute atomic E-state index is 14.2. The highest BCUT2D eigenvalue weighted by molar-refractivity contribution is 5.91. The molecule has 0 aromatic heterocycles. The van der Waals surface area contributed by atoms with Crippen LogP contribution in [0.25, 0.3) is 0 Å². The standard InChI is InChI=1S/C31H41N5O7/c1-31(2,3)36(16-10-15-24(36)27(33)39)29(41)26(38)22(17-20-11-6-4-7-12-20)34-28(40)23(18-25(32)37)35-30(42)43-19-21-13-8-5-9-14-21/h4-9,11-14,22-24,26,38H,10,15-19H2,1-3H3,(H5-,32,33,34,35,37,39,40,42)/p+1/t22-,23-,24-,26-,36?/m0/s1. The third kappa shape index (κ3) is 8.17. The predicted molar refractivity (Wildman–Crippen MR) is 158 cm³/mol. The molecule has 7 N–H and O–H groups in total. The summed E-state index contributed by atoms with van der Waals surface area (Å²) in [4.78, 5) is 64.5. The highest BCUT2D eigenvalue weighted by atomic mass is 16.5. The van der Waals surface area contributed by atoms with Crippen molar-refractivity contribution >= 4 is 29.7 Å². The first-order valence-electron chi connectivity index (χ1n) is 14.3. The van der Waals surface area contributed by atoms with Crippen LogP contribution in [0, 0.1) is 0 Å². The minimum atomic E-state index is -1.76. The van der Waals surface area contributed by atoms with E-state index in [1.54, 1.807) is 75.4 Å². The molecule has 12 heteroatoms. The van der Waals surface area contributed by atoms with E-state index < -0.39 is 65.9 Å². The lowest BCUT2D eigenvalue weighted by Crippen LogP contribution is -2.72. The summed E-state index contributed by atoms with van der Waals surface area (Å²) in [6, 6.07) is 14.3. The van der Waals surface area contributed by atoms with E-state index in [1.165, 1.54) is 0 Å². The molecule has 1 saturated heterocycles. The number of amides is 5. The van der Waals surface area contributed by atoms with Crippen molar-refractivity contribution in [1.82, 2.24) is 10.6 Å². The number of nitrogens with zero attached hydrogens (tertiary/aromatic N) is 1. The van der Waals surface area contributed by atoms with E-state index >= 15 is 0 Å². The summed E-state index contributed by atoms with van der Waals surface area (Å²) in [7, 11) is 0. The molecule has 1 aliphatic heterocycles. The average molecular weight is 597 g/mol. The van der Waals surface area contributed by atoms with Crippen LogP contribution in [-0.4, -0.2) is 75.6 Å². The van der Waals surface area contributed by atoms with Gasteiger partial charge in [-0.05, 0) is 38.3 Å². The highest BCUT2D eigenvalue weighted by Gasteiger charge is 2.60. The van der Waals surface area contributed by atoms with Crippen LogP contribution >= 0.6 is 0 Å². The summed E-state index contributed by atoms with van der Waals surface area (Å²) in [6.07, 6.45) is -2.31. The third-order valence-corrected chi connectivity index (χ3v) is 7.93. The molecular formula is C31H42N5O7+. The van der Waals surface area contributed by atoms with E-state index in [-0.39, 0.29) is 24.1 Å². The molecule has 0 saturated carbocycles. The van der Waals surface area contributed by atoms with Crippen molar-refractivity contribution in [2.24, 2.45) is 11.5 Å². The van der Waals surface area contributed by atoms with E-state index in [1.807, 2.05) is 6.07 Å². The normalized spacial score (nSPS) is 20.3. The predicted octanol–water partition coefficient (Wildman–Crippen LogP) is 1.03. The molecule has 2 aromatic rings. The molecule has 12 nitrogen and oxygen atoms in total. The Morgan fingerprint density at radius 3 is 2.07 bits per heavy atom. The van der Waals surface area contributed by atoms with Gasteiger partial charge in [0.1, 0.15) is 12.6 Å². The number of primary amides is 2. The number of alkyl carbamates (subject to hydrolysis) is 1. The second kappa shape index (κ2) is 14.3. The van der Waals surface area contributed by atoms with Gasteiger partial charge in [-0.25, -0.2) is 14.1 Å². The molecule has 1 unspecified atom stereocenters. The van der Waals surface area contributed by atoms with Crippen LogP contribution in [-0.2, 0) is 36.9 Å².